The molecule has 0 aromatic carbocycles. The lowest BCUT2D eigenvalue weighted by atomic mass is 9.85. The number of methoxy groups -OCH3 is 1. The average Bonchev–Trinajstić information content (AvgIpc) is 3.98. The molecule has 2 aliphatic heterocycles. The second-order valence-corrected chi connectivity index (χ2v) is 46.7. The molecule has 0 saturated carbocycles. The number of carbonyl (C=O) groups excluding carboxylic acids is 1. The molecule has 0 aromatic rings. The van der Waals surface area contributed by atoms with Gasteiger partial charge in [0.15, 0.2) is 33.3 Å². The summed E-state index contributed by atoms with van der Waals surface area (Å²) in [6.45, 7) is 61.5. The number of cyclic esters (lactones) is 1. The van der Waals surface area contributed by atoms with E-state index in [-0.39, 0.29) is 98.6 Å². The Morgan fingerprint density at radius 3 is 1.65 bits per heavy atom. The Kier molecular flexibility index (Phi) is 22.9. The van der Waals surface area contributed by atoms with Crippen LogP contribution in [0, 0.1) is 23.7 Å². The molecule has 0 amide bonds. The van der Waals surface area contributed by atoms with E-state index in [4.69, 9.17) is 31.9 Å². The zero-order valence-corrected chi connectivity index (χ0v) is 54.0. The van der Waals surface area contributed by atoms with E-state index in [9.17, 15) is 4.79 Å². The van der Waals surface area contributed by atoms with Gasteiger partial charge in [0.25, 0.3) is 0 Å². The topological polar surface area (TPSA) is 85.0 Å². The number of fused-ring (bicyclic) bond motifs is 1. The fourth-order valence-corrected chi connectivity index (χ4v) is 13.7. The van der Waals surface area contributed by atoms with Gasteiger partial charge in [-0.15, -0.1) is 0 Å². The number of esters is 1. The first-order valence-electron chi connectivity index (χ1n) is 26.8. The lowest BCUT2D eigenvalue weighted by molar-refractivity contribution is -0.146. The van der Waals surface area contributed by atoms with E-state index in [1.165, 1.54) is 0 Å². The van der Waals surface area contributed by atoms with Crippen LogP contribution >= 0.6 is 0 Å². The first kappa shape index (κ1) is 64.2. The van der Waals surface area contributed by atoms with Gasteiger partial charge in [0.1, 0.15) is 18.3 Å². The van der Waals surface area contributed by atoms with Crippen molar-refractivity contribution >= 4 is 39.2 Å². The molecule has 12 atom stereocenters. The maximum absolute atomic E-state index is 14.0. The van der Waals surface area contributed by atoms with Crippen molar-refractivity contribution in [3.05, 3.63) is 47.6 Å². The van der Waals surface area contributed by atoms with Crippen molar-refractivity contribution in [2.45, 2.75) is 279 Å². The minimum Gasteiger partial charge on any atom is -0.458 e. The number of hydrogen-bond donors (Lipinski definition) is 0. The number of allylic oxidation sites excluding steroid dienone is 3. The smallest absolute Gasteiger partial charge is 0.334 e. The second kappa shape index (κ2) is 24.6. The molecule has 0 aromatic heterocycles. The van der Waals surface area contributed by atoms with Crippen molar-refractivity contribution in [3.8, 4) is 0 Å². The zero-order chi connectivity index (χ0) is 53.7. The third-order valence-electron chi connectivity index (χ3n) is 17.6. The van der Waals surface area contributed by atoms with Crippen LogP contribution in [-0.2, 0) is 36.7 Å². The summed E-state index contributed by atoms with van der Waals surface area (Å²) in [6, 6.07) is 0. The minimum atomic E-state index is -2.17. The van der Waals surface area contributed by atoms with Crippen LogP contribution < -0.4 is 0 Å². The number of carbonyl (C=O) groups is 1. The Labute approximate surface area is 430 Å². The normalized spacial score (nSPS) is 28.3. The van der Waals surface area contributed by atoms with Gasteiger partial charge in [-0.1, -0.05) is 147 Å². The average molecular weight is 1040 g/mol. The van der Waals surface area contributed by atoms with Gasteiger partial charge in [-0.2, -0.15) is 0 Å². The van der Waals surface area contributed by atoms with Crippen LogP contribution in [0.2, 0.25) is 72.5 Å². The third-order valence-corrected chi connectivity index (χ3v) is 35.6. The Hall–Kier alpha value is -0.942. The van der Waals surface area contributed by atoms with Crippen LogP contribution in [0.4, 0.5) is 0 Å². The molecule has 1 saturated heterocycles. The monoisotopic (exact) mass is 1030 g/mol. The fraction of sp³-hybridized carbons (Fsp3) is 0.842. The molecule has 0 unspecified atom stereocenters. The standard InChI is InChI=1S/C57H110O8Si4/c1-39-37-41(3)49(64-68(25,26)56(14,15)16)52-51(61-52)48(63-67(23,24)55(11,12)13)36-32-31-34-46(60-53(58)42(4)38-39)40(2)33-29-30-35-47(62-66(21,22)54(8,9)10)44(6)50(43(5)45(7)59-20)65-69(27,28)57(17,18)19/h29-32,37-38,40-41,43-52H,33-36H2,1-28H3/b30-29+,32-31-,39-37+,42-38+/t40-,41+,43+,44+,45-,46-,47-,48+,49-,50-,51-,52-/m0/s1. The summed E-state index contributed by atoms with van der Waals surface area (Å²) in [4.78, 5) is 14.0. The molecule has 0 N–H and O–H groups in total. The van der Waals surface area contributed by atoms with Crippen molar-refractivity contribution < 1.29 is 36.7 Å². The zero-order valence-electron chi connectivity index (χ0n) is 50.0. The molecule has 0 bridgehead atoms. The van der Waals surface area contributed by atoms with Crippen LogP contribution in [0.3, 0.4) is 0 Å². The predicted octanol–water partition coefficient (Wildman–Crippen LogP) is 16.4. The Morgan fingerprint density at radius 1 is 0.667 bits per heavy atom. The molecule has 1 fully saturated rings. The third kappa shape index (κ3) is 18.1. The first-order valence-corrected chi connectivity index (χ1v) is 38.4. The van der Waals surface area contributed by atoms with Crippen molar-refractivity contribution in [1.82, 2.24) is 0 Å². The molecule has 69 heavy (non-hydrogen) atoms. The van der Waals surface area contributed by atoms with Crippen molar-refractivity contribution in [3.63, 3.8) is 0 Å². The molecular weight excluding hydrogens is 925 g/mol. The molecule has 2 rings (SSSR count). The van der Waals surface area contributed by atoms with E-state index in [1.807, 2.05) is 13.0 Å². The van der Waals surface area contributed by atoms with Gasteiger partial charge in [-0.25, -0.2) is 4.79 Å². The predicted molar refractivity (Wildman–Crippen MR) is 304 cm³/mol. The van der Waals surface area contributed by atoms with Gasteiger partial charge < -0.3 is 31.9 Å². The summed E-state index contributed by atoms with van der Waals surface area (Å²) in [5, 5.41) is 0.206. The van der Waals surface area contributed by atoms with Gasteiger partial charge in [-0.3, -0.25) is 0 Å². The number of hydrogen-bond acceptors (Lipinski definition) is 8. The van der Waals surface area contributed by atoms with Crippen LogP contribution in [0.1, 0.15) is 157 Å². The summed E-state index contributed by atoms with van der Waals surface area (Å²) in [5.41, 5.74) is 1.61. The highest BCUT2D eigenvalue weighted by molar-refractivity contribution is 6.75. The Balaban J connectivity index is 2.58. The lowest BCUT2D eigenvalue weighted by Gasteiger charge is -2.47. The number of epoxide rings is 1. The van der Waals surface area contributed by atoms with Crippen LogP contribution in [0.5, 0.6) is 0 Å². The lowest BCUT2D eigenvalue weighted by Crippen LogP contribution is -2.53. The molecule has 8 nitrogen and oxygen atoms in total. The molecule has 0 spiro atoms. The van der Waals surface area contributed by atoms with Crippen LogP contribution in [0.15, 0.2) is 47.6 Å². The summed E-state index contributed by atoms with van der Waals surface area (Å²) in [5.74, 6) is 0.128. The van der Waals surface area contributed by atoms with Gasteiger partial charge in [-0.05, 0) is 125 Å². The van der Waals surface area contributed by atoms with E-state index in [0.29, 0.717) is 18.4 Å². The highest BCUT2D eigenvalue weighted by Crippen LogP contribution is 2.47. The van der Waals surface area contributed by atoms with Gasteiger partial charge in [0.05, 0.1) is 30.5 Å². The summed E-state index contributed by atoms with van der Waals surface area (Å²) < 4.78 is 48.3. The van der Waals surface area contributed by atoms with E-state index >= 15 is 0 Å². The number of ether oxygens (including phenoxy) is 3. The first-order chi connectivity index (χ1) is 31.0. The Morgan fingerprint density at radius 2 is 1.14 bits per heavy atom. The highest BCUT2D eigenvalue weighted by Gasteiger charge is 2.56. The molecule has 2 heterocycles. The molecule has 2 aliphatic rings. The van der Waals surface area contributed by atoms with Crippen molar-refractivity contribution in [2.75, 3.05) is 7.11 Å². The summed E-state index contributed by atoms with van der Waals surface area (Å²) in [7, 11) is -6.83. The largest absolute Gasteiger partial charge is 0.458 e. The minimum absolute atomic E-state index is 0.0354. The maximum Gasteiger partial charge on any atom is 0.334 e. The molecule has 0 radical (unpaired) electrons. The summed E-state index contributed by atoms with van der Waals surface area (Å²) >= 11 is 0. The van der Waals surface area contributed by atoms with Crippen molar-refractivity contribution in [2.24, 2.45) is 23.7 Å². The maximum atomic E-state index is 14.0. The van der Waals surface area contributed by atoms with Crippen LogP contribution in [-0.4, -0.2) is 95.2 Å². The number of rotatable bonds is 18. The SMILES string of the molecule is CO[C@@H](C)[C@@H](C)[C@H](O[Si](C)(C)C(C)(C)C)[C@H](C)[C@H](C/C=C/C[C@H](C)[C@@H]1C/C=C\C[C@@H](O[Si](C)(C)C(C)(C)C)[C@@H]2O[C@H]2[C@@H](O[Si](C)(C)C(C)(C)C)[C@H](C)/C=C(C)/C=C(\C)C(=O)O1)O[Si](C)(C)C(C)(C)C. The van der Waals surface area contributed by atoms with Crippen molar-refractivity contribution in [1.29, 1.82) is 0 Å². The summed E-state index contributed by atoms with van der Waals surface area (Å²) in [6.07, 6.45) is 15.4. The molecule has 12 heteroatoms. The van der Waals surface area contributed by atoms with Gasteiger partial charge in [0.2, 0.25) is 0 Å². The van der Waals surface area contributed by atoms with E-state index in [2.05, 4.69) is 207 Å². The molecule has 402 valence electrons. The highest BCUT2D eigenvalue weighted by atomic mass is 28.4. The van der Waals surface area contributed by atoms with Gasteiger partial charge >= 0.3 is 5.97 Å². The fourth-order valence-electron chi connectivity index (χ4n) is 8.06. The van der Waals surface area contributed by atoms with Gasteiger partial charge in [0, 0.05) is 36.9 Å². The second-order valence-electron chi connectivity index (χ2n) is 27.6. The van der Waals surface area contributed by atoms with E-state index in [0.717, 1.165) is 18.4 Å². The van der Waals surface area contributed by atoms with Crippen LogP contribution in [0.25, 0.3) is 0 Å². The van der Waals surface area contributed by atoms with E-state index in [1.54, 1.807) is 7.11 Å². The van der Waals surface area contributed by atoms with E-state index < -0.39 is 33.3 Å². The molecular formula is C57H110O8Si4. The quantitative estimate of drug-likeness (QED) is 0.0581. The molecule has 0 aliphatic carbocycles. The Bertz CT molecular complexity index is 1750.